The lowest BCUT2D eigenvalue weighted by molar-refractivity contribution is -0.134. The molecule has 0 aromatic heterocycles. The largest absolute Gasteiger partial charge is 0.342 e. The molecule has 26 heavy (non-hydrogen) atoms. The number of rotatable bonds is 5. The number of likely N-dealkylation sites (N-methyl/N-ethyl adjacent to an activating group) is 1. The van der Waals surface area contributed by atoms with E-state index < -0.39 is 0 Å². The Kier molecular flexibility index (Phi) is 6.27. The second-order valence-corrected chi connectivity index (χ2v) is 7.94. The summed E-state index contributed by atoms with van der Waals surface area (Å²) in [5.41, 5.74) is 7.70. The lowest BCUT2D eigenvalue weighted by Gasteiger charge is -2.37. The predicted octanol–water partition coefficient (Wildman–Crippen LogP) is 1.96. The quantitative estimate of drug-likeness (QED) is 0.841. The SMILES string of the molecule is CC(C)N(C)CC(=O)N1CCC(C2NNCC2c2cccc(F)c2)CC1. The highest BCUT2D eigenvalue weighted by molar-refractivity contribution is 5.78. The molecule has 2 saturated heterocycles. The van der Waals surface area contributed by atoms with E-state index in [-0.39, 0.29) is 23.7 Å². The molecule has 0 spiro atoms. The van der Waals surface area contributed by atoms with E-state index in [1.165, 1.54) is 6.07 Å². The lowest BCUT2D eigenvalue weighted by atomic mass is 9.80. The zero-order valence-corrected chi connectivity index (χ0v) is 16.0. The van der Waals surface area contributed by atoms with Gasteiger partial charge in [0.1, 0.15) is 5.82 Å². The highest BCUT2D eigenvalue weighted by Gasteiger charge is 2.37. The monoisotopic (exact) mass is 362 g/mol. The Hall–Kier alpha value is -1.50. The van der Waals surface area contributed by atoms with Gasteiger partial charge in [-0.15, -0.1) is 0 Å². The van der Waals surface area contributed by atoms with Gasteiger partial charge < -0.3 is 4.90 Å². The van der Waals surface area contributed by atoms with E-state index >= 15 is 0 Å². The fourth-order valence-corrected chi connectivity index (χ4v) is 4.03. The van der Waals surface area contributed by atoms with Gasteiger partial charge >= 0.3 is 0 Å². The molecule has 1 aromatic rings. The molecule has 5 nitrogen and oxygen atoms in total. The summed E-state index contributed by atoms with van der Waals surface area (Å²) >= 11 is 0. The fourth-order valence-electron chi connectivity index (χ4n) is 4.03. The first-order valence-corrected chi connectivity index (χ1v) is 9.67. The maximum atomic E-state index is 13.6. The first-order chi connectivity index (χ1) is 12.5. The van der Waals surface area contributed by atoms with Gasteiger partial charge in [0, 0.05) is 37.6 Å². The number of likely N-dealkylation sites (tertiary alicyclic amines) is 1. The molecular weight excluding hydrogens is 331 g/mol. The van der Waals surface area contributed by atoms with Crippen LogP contribution >= 0.6 is 0 Å². The zero-order chi connectivity index (χ0) is 18.7. The van der Waals surface area contributed by atoms with Gasteiger partial charge in [0.15, 0.2) is 0 Å². The average Bonchev–Trinajstić information content (AvgIpc) is 3.11. The fraction of sp³-hybridized carbons (Fsp3) is 0.650. The lowest BCUT2D eigenvalue weighted by Crippen LogP contribution is -2.48. The Balaban J connectivity index is 1.56. The molecule has 3 rings (SSSR count). The Morgan fingerprint density at radius 2 is 2.08 bits per heavy atom. The molecule has 144 valence electrons. The molecule has 6 heteroatoms. The van der Waals surface area contributed by atoms with Crippen LogP contribution in [0.3, 0.4) is 0 Å². The Bertz CT molecular complexity index is 616. The number of nitrogens with zero attached hydrogens (tertiary/aromatic N) is 2. The van der Waals surface area contributed by atoms with Crippen LogP contribution in [0.5, 0.6) is 0 Å². The van der Waals surface area contributed by atoms with Gasteiger partial charge in [0.2, 0.25) is 5.91 Å². The predicted molar refractivity (Wildman–Crippen MR) is 101 cm³/mol. The van der Waals surface area contributed by atoms with Gasteiger partial charge in [-0.3, -0.25) is 20.5 Å². The van der Waals surface area contributed by atoms with Crippen LogP contribution in [0.15, 0.2) is 24.3 Å². The molecule has 0 radical (unpaired) electrons. The van der Waals surface area contributed by atoms with Crippen molar-refractivity contribution in [2.75, 3.05) is 33.2 Å². The van der Waals surface area contributed by atoms with E-state index in [4.69, 9.17) is 0 Å². The van der Waals surface area contributed by atoms with Crippen molar-refractivity contribution in [3.8, 4) is 0 Å². The number of piperidine rings is 1. The van der Waals surface area contributed by atoms with Crippen LogP contribution in [0.25, 0.3) is 0 Å². The topological polar surface area (TPSA) is 47.6 Å². The van der Waals surface area contributed by atoms with Gasteiger partial charge in [-0.1, -0.05) is 12.1 Å². The molecule has 2 N–H and O–H groups in total. The number of nitrogens with one attached hydrogen (secondary N) is 2. The van der Waals surface area contributed by atoms with E-state index in [0.29, 0.717) is 18.5 Å². The molecule has 1 aromatic carbocycles. The van der Waals surface area contributed by atoms with Crippen LogP contribution in [0.2, 0.25) is 0 Å². The zero-order valence-electron chi connectivity index (χ0n) is 16.0. The van der Waals surface area contributed by atoms with Crippen molar-refractivity contribution in [2.24, 2.45) is 5.92 Å². The summed E-state index contributed by atoms with van der Waals surface area (Å²) in [4.78, 5) is 16.6. The summed E-state index contributed by atoms with van der Waals surface area (Å²) in [7, 11) is 1.99. The number of benzene rings is 1. The third kappa shape index (κ3) is 4.42. The molecule has 0 aliphatic carbocycles. The van der Waals surface area contributed by atoms with E-state index in [1.54, 1.807) is 12.1 Å². The second kappa shape index (κ2) is 8.46. The first-order valence-electron chi connectivity index (χ1n) is 9.67. The Labute approximate surface area is 155 Å². The van der Waals surface area contributed by atoms with Gasteiger partial charge in [-0.25, -0.2) is 4.39 Å². The van der Waals surface area contributed by atoms with Gasteiger partial charge in [0.25, 0.3) is 0 Å². The van der Waals surface area contributed by atoms with Crippen LogP contribution in [-0.4, -0.2) is 61.0 Å². The van der Waals surface area contributed by atoms with E-state index in [9.17, 15) is 9.18 Å². The van der Waals surface area contributed by atoms with Gasteiger partial charge in [-0.05, 0) is 57.4 Å². The second-order valence-electron chi connectivity index (χ2n) is 7.94. The first kappa shape index (κ1) is 19.3. The number of amides is 1. The summed E-state index contributed by atoms with van der Waals surface area (Å²) in [6, 6.07) is 7.59. The Morgan fingerprint density at radius 1 is 1.35 bits per heavy atom. The molecule has 1 amide bonds. The molecule has 0 bridgehead atoms. The van der Waals surface area contributed by atoms with Crippen molar-refractivity contribution in [2.45, 2.75) is 44.7 Å². The minimum Gasteiger partial charge on any atom is -0.342 e. The van der Waals surface area contributed by atoms with Gasteiger partial charge in [-0.2, -0.15) is 0 Å². The summed E-state index contributed by atoms with van der Waals surface area (Å²) in [5.74, 6) is 0.803. The summed E-state index contributed by atoms with van der Waals surface area (Å²) in [6.45, 7) is 7.12. The van der Waals surface area contributed by atoms with E-state index in [0.717, 1.165) is 38.0 Å². The normalized spacial score (nSPS) is 24.6. The highest BCUT2D eigenvalue weighted by Crippen LogP contribution is 2.32. The number of hydrogen-bond acceptors (Lipinski definition) is 4. The molecule has 2 heterocycles. The molecular formula is C20H31FN4O. The standard InChI is InChI=1S/C20H31FN4O/c1-14(2)24(3)13-19(26)25-9-7-15(8-10-25)20-18(12-22-23-20)16-5-4-6-17(21)11-16/h4-6,11,14-15,18,20,22-23H,7-10,12-13H2,1-3H3. The molecule has 2 unspecified atom stereocenters. The number of hydrazine groups is 1. The minimum atomic E-state index is -0.178. The summed E-state index contributed by atoms with van der Waals surface area (Å²) < 4.78 is 13.6. The van der Waals surface area contributed by atoms with Crippen molar-refractivity contribution in [3.63, 3.8) is 0 Å². The molecule has 0 saturated carbocycles. The molecule has 2 aliphatic heterocycles. The van der Waals surface area contributed by atoms with E-state index in [2.05, 4.69) is 29.6 Å². The van der Waals surface area contributed by atoms with Crippen molar-refractivity contribution in [1.29, 1.82) is 0 Å². The molecule has 2 fully saturated rings. The average molecular weight is 362 g/mol. The number of carbonyl (C=O) groups excluding carboxylic acids is 1. The maximum Gasteiger partial charge on any atom is 0.236 e. The van der Waals surface area contributed by atoms with Crippen molar-refractivity contribution >= 4 is 5.91 Å². The Morgan fingerprint density at radius 3 is 2.73 bits per heavy atom. The van der Waals surface area contributed by atoms with E-state index in [1.807, 2.05) is 18.0 Å². The van der Waals surface area contributed by atoms with Crippen molar-refractivity contribution in [1.82, 2.24) is 20.7 Å². The van der Waals surface area contributed by atoms with Crippen molar-refractivity contribution in [3.05, 3.63) is 35.6 Å². The molecule has 2 aliphatic rings. The van der Waals surface area contributed by atoms with Crippen LogP contribution in [-0.2, 0) is 4.79 Å². The third-order valence-corrected chi connectivity index (χ3v) is 5.97. The highest BCUT2D eigenvalue weighted by atomic mass is 19.1. The summed E-state index contributed by atoms with van der Waals surface area (Å²) in [5, 5.41) is 0. The van der Waals surface area contributed by atoms with Gasteiger partial charge in [0.05, 0.1) is 6.54 Å². The molecule has 2 atom stereocenters. The number of halogens is 1. The number of carbonyl (C=O) groups is 1. The van der Waals surface area contributed by atoms with Crippen LogP contribution in [0.4, 0.5) is 4.39 Å². The summed E-state index contributed by atoms with van der Waals surface area (Å²) in [6.07, 6.45) is 1.98. The third-order valence-electron chi connectivity index (χ3n) is 5.97. The maximum absolute atomic E-state index is 13.6. The van der Waals surface area contributed by atoms with Crippen LogP contribution in [0, 0.1) is 11.7 Å². The minimum absolute atomic E-state index is 0.178. The number of hydrogen-bond donors (Lipinski definition) is 2. The smallest absolute Gasteiger partial charge is 0.236 e. The van der Waals surface area contributed by atoms with Crippen LogP contribution in [0.1, 0.15) is 38.2 Å². The van der Waals surface area contributed by atoms with Crippen molar-refractivity contribution < 1.29 is 9.18 Å². The van der Waals surface area contributed by atoms with Crippen LogP contribution < -0.4 is 10.9 Å².